The zero-order chi connectivity index (χ0) is 30.8. The van der Waals surface area contributed by atoms with Crippen molar-refractivity contribution in [2.24, 2.45) is 0 Å². The molecule has 0 unspecified atom stereocenters. The van der Waals surface area contributed by atoms with Gasteiger partial charge < -0.3 is 15.1 Å². The highest BCUT2D eigenvalue weighted by Gasteiger charge is 2.32. The molecule has 3 aliphatic rings. The number of likely N-dealkylation sites (tertiary alicyclic amines) is 2. The van der Waals surface area contributed by atoms with Crippen LogP contribution in [0, 0.1) is 6.92 Å². The molecule has 1 amide bonds. The fourth-order valence-electron chi connectivity index (χ4n) is 6.85. The van der Waals surface area contributed by atoms with Crippen molar-refractivity contribution in [1.82, 2.24) is 23.9 Å². The van der Waals surface area contributed by atoms with Gasteiger partial charge in [0.25, 0.3) is 0 Å². The Labute approximate surface area is 266 Å². The minimum Gasteiger partial charge on any atom is -0.381 e. The first-order chi connectivity index (χ1) is 21.2. The van der Waals surface area contributed by atoms with E-state index in [2.05, 4.69) is 57.1 Å². The van der Waals surface area contributed by atoms with Crippen LogP contribution >= 0.6 is 11.6 Å². The number of rotatable bonds is 10. The van der Waals surface area contributed by atoms with Gasteiger partial charge in [0.1, 0.15) is 0 Å². The Bertz CT molecular complexity index is 1600. The lowest BCUT2D eigenvalue weighted by Gasteiger charge is -2.36. The summed E-state index contributed by atoms with van der Waals surface area (Å²) in [5, 5.41) is 9.24. The Kier molecular flexibility index (Phi) is 9.33. The predicted molar refractivity (Wildman–Crippen MR) is 175 cm³/mol. The smallest absolute Gasteiger partial charge is 0.222 e. The Morgan fingerprint density at radius 3 is 2.48 bits per heavy atom. The molecular formula is C33H43ClN6O3S. The molecule has 236 valence electrons. The van der Waals surface area contributed by atoms with Crippen molar-refractivity contribution < 1.29 is 13.2 Å². The summed E-state index contributed by atoms with van der Waals surface area (Å²) in [5.74, 6) is 0.326. The van der Waals surface area contributed by atoms with Gasteiger partial charge in [0.2, 0.25) is 15.9 Å². The number of amides is 1. The number of nitrogens with zero attached hydrogens (tertiary/aromatic N) is 5. The van der Waals surface area contributed by atoms with Gasteiger partial charge in [-0.05, 0) is 69.0 Å². The van der Waals surface area contributed by atoms with E-state index in [-0.39, 0.29) is 0 Å². The first-order valence-electron chi connectivity index (χ1n) is 15.8. The second-order valence-corrected chi connectivity index (χ2v) is 14.9. The van der Waals surface area contributed by atoms with Crippen molar-refractivity contribution >= 4 is 33.2 Å². The average molecular weight is 639 g/mol. The van der Waals surface area contributed by atoms with Gasteiger partial charge in [-0.25, -0.2) is 8.42 Å². The van der Waals surface area contributed by atoms with E-state index in [9.17, 15) is 13.2 Å². The third-order valence-electron chi connectivity index (χ3n) is 9.37. The fraction of sp³-hybridized carbons (Fsp3) is 0.515. The number of halogens is 1. The highest BCUT2D eigenvalue weighted by molar-refractivity contribution is 7.88. The predicted octanol–water partition coefficient (Wildman–Crippen LogP) is 4.92. The van der Waals surface area contributed by atoms with Crippen molar-refractivity contribution in [3.8, 4) is 11.3 Å². The Balaban J connectivity index is 1.16. The summed E-state index contributed by atoms with van der Waals surface area (Å²) in [4.78, 5) is 16.8. The van der Waals surface area contributed by atoms with Crippen molar-refractivity contribution in [1.29, 1.82) is 0 Å². The average Bonchev–Trinajstić information content (AvgIpc) is 3.60. The molecule has 3 aliphatic heterocycles. The Morgan fingerprint density at radius 2 is 1.77 bits per heavy atom. The molecule has 0 aliphatic carbocycles. The van der Waals surface area contributed by atoms with E-state index in [1.54, 1.807) is 4.31 Å². The lowest BCUT2D eigenvalue weighted by Crippen LogP contribution is -2.45. The third-order valence-corrected chi connectivity index (χ3v) is 11.0. The van der Waals surface area contributed by atoms with Gasteiger partial charge in [-0.3, -0.25) is 9.48 Å². The number of benzene rings is 2. The molecule has 0 radical (unpaired) electrons. The Hall–Kier alpha value is -2.92. The van der Waals surface area contributed by atoms with Crippen LogP contribution in [0.15, 0.2) is 42.5 Å². The molecule has 0 bridgehead atoms. The highest BCUT2D eigenvalue weighted by Crippen LogP contribution is 2.33. The van der Waals surface area contributed by atoms with Gasteiger partial charge in [-0.15, -0.1) is 0 Å². The number of piperidine rings is 1. The van der Waals surface area contributed by atoms with Crippen LogP contribution in [0.2, 0.25) is 5.02 Å². The van der Waals surface area contributed by atoms with Gasteiger partial charge in [0.05, 0.1) is 11.9 Å². The summed E-state index contributed by atoms with van der Waals surface area (Å²) in [6, 6.07) is 14.6. The lowest BCUT2D eigenvalue weighted by molar-refractivity contribution is -0.130. The van der Waals surface area contributed by atoms with Gasteiger partial charge in [0, 0.05) is 92.2 Å². The van der Waals surface area contributed by atoms with E-state index >= 15 is 0 Å². The van der Waals surface area contributed by atoms with Gasteiger partial charge in [-0.2, -0.15) is 9.40 Å². The van der Waals surface area contributed by atoms with Crippen molar-refractivity contribution in [3.63, 3.8) is 0 Å². The number of hydrogen-bond acceptors (Lipinski definition) is 6. The zero-order valence-corrected chi connectivity index (χ0v) is 27.3. The van der Waals surface area contributed by atoms with Gasteiger partial charge in [-0.1, -0.05) is 35.4 Å². The fourth-order valence-corrected chi connectivity index (χ4v) is 7.82. The van der Waals surface area contributed by atoms with Crippen LogP contribution in [0.25, 0.3) is 11.3 Å². The van der Waals surface area contributed by atoms with Crippen LogP contribution in [0.4, 0.5) is 5.69 Å². The summed E-state index contributed by atoms with van der Waals surface area (Å²) in [7, 11) is -3.33. The molecule has 3 aromatic rings. The summed E-state index contributed by atoms with van der Waals surface area (Å²) in [5.41, 5.74) is 7.08. The number of nitrogens with one attached hydrogen (secondary N) is 1. The molecule has 1 N–H and O–H groups in total. The molecule has 4 heterocycles. The summed E-state index contributed by atoms with van der Waals surface area (Å²) >= 11 is 6.62. The summed E-state index contributed by atoms with van der Waals surface area (Å²) < 4.78 is 28.7. The SMILES string of the molecule is Cc1ccc(NCc2cc(-c3nn(CCCN4CCC(N5CCCC5=O)CC4)c4c3CN(S(C)(=O)=O)CC4)ccc2Cl)cc1. The lowest BCUT2D eigenvalue weighted by atomic mass is 10.0. The molecule has 11 heteroatoms. The minimum atomic E-state index is -3.33. The monoisotopic (exact) mass is 638 g/mol. The van der Waals surface area contributed by atoms with Crippen molar-refractivity contribution in [2.75, 3.05) is 44.3 Å². The first-order valence-corrected chi connectivity index (χ1v) is 18.0. The van der Waals surface area contributed by atoms with Crippen molar-refractivity contribution in [2.45, 2.75) is 71.1 Å². The number of fused-ring (bicyclic) bond motifs is 1. The molecule has 44 heavy (non-hydrogen) atoms. The molecule has 0 spiro atoms. The van der Waals surface area contributed by atoms with Crippen LogP contribution in [0.1, 0.15) is 54.5 Å². The molecule has 0 atom stereocenters. The normalized spacial score (nSPS) is 18.6. The van der Waals surface area contributed by atoms with E-state index in [0.717, 1.165) is 92.2 Å². The van der Waals surface area contributed by atoms with Crippen molar-refractivity contribution in [3.05, 3.63) is 69.9 Å². The van der Waals surface area contributed by atoms with E-state index in [0.29, 0.717) is 49.4 Å². The topological polar surface area (TPSA) is 90.8 Å². The molecular weight excluding hydrogens is 596 g/mol. The number of aryl methyl sites for hydroxylation is 2. The molecule has 0 saturated carbocycles. The van der Waals surface area contributed by atoms with E-state index in [1.807, 2.05) is 12.1 Å². The summed E-state index contributed by atoms with van der Waals surface area (Å²) in [6.45, 7) is 8.14. The van der Waals surface area contributed by atoms with E-state index in [4.69, 9.17) is 16.7 Å². The van der Waals surface area contributed by atoms with Crippen LogP contribution in [0.3, 0.4) is 0 Å². The molecule has 2 fully saturated rings. The number of carbonyl (C=O) groups is 1. The maximum Gasteiger partial charge on any atom is 0.222 e. The van der Waals surface area contributed by atoms with E-state index in [1.165, 1.54) is 11.8 Å². The largest absolute Gasteiger partial charge is 0.381 e. The maximum absolute atomic E-state index is 12.5. The molecule has 2 aromatic carbocycles. The van der Waals surface area contributed by atoms with E-state index < -0.39 is 10.0 Å². The standard InChI is InChI=1S/C33H43ClN6O3S/c1-24-6-9-27(10-7-24)35-22-26-21-25(8-11-30(26)34)33-29-23-38(44(2,42)43)20-14-31(29)40(36-33)17-4-15-37-18-12-28(13-19-37)39-16-3-5-32(39)41/h6-11,21,28,35H,3-5,12-20,22-23H2,1-2H3. The van der Waals surface area contributed by atoms with Crippen LogP contribution in [-0.2, 0) is 40.9 Å². The number of aromatic nitrogens is 2. The van der Waals surface area contributed by atoms with Gasteiger partial charge in [0.15, 0.2) is 0 Å². The van der Waals surface area contributed by atoms with Crippen LogP contribution in [-0.4, -0.2) is 83.2 Å². The molecule has 6 rings (SSSR count). The highest BCUT2D eigenvalue weighted by atomic mass is 35.5. The van der Waals surface area contributed by atoms with Crippen LogP contribution in [0.5, 0.6) is 0 Å². The zero-order valence-electron chi connectivity index (χ0n) is 25.8. The first kappa shape index (κ1) is 31.1. The number of sulfonamides is 1. The molecule has 1 aromatic heterocycles. The summed E-state index contributed by atoms with van der Waals surface area (Å²) in [6.07, 6.45) is 6.68. The number of hydrogen-bond donors (Lipinski definition) is 1. The second-order valence-electron chi connectivity index (χ2n) is 12.5. The number of carbonyl (C=O) groups excluding carboxylic acids is 1. The quantitative estimate of drug-likeness (QED) is 0.339. The third kappa shape index (κ3) is 6.98. The molecule has 9 nitrogen and oxygen atoms in total. The van der Waals surface area contributed by atoms with Gasteiger partial charge >= 0.3 is 0 Å². The maximum atomic E-state index is 12.5. The molecule has 2 saturated heterocycles. The number of anilines is 1. The second kappa shape index (κ2) is 13.2. The minimum absolute atomic E-state index is 0.325. The Morgan fingerprint density at radius 1 is 1.00 bits per heavy atom. The van der Waals surface area contributed by atoms with Crippen LogP contribution < -0.4 is 5.32 Å².